The molecule has 4 aromatic rings. The minimum atomic E-state index is -0.406. The van der Waals surface area contributed by atoms with E-state index in [1.165, 1.54) is 16.5 Å². The summed E-state index contributed by atoms with van der Waals surface area (Å²) in [6.45, 7) is 5.63. The second-order valence-electron chi connectivity index (χ2n) is 12.6. The fraction of sp³-hybridized carbons (Fsp3) is 0.405. The third-order valence-electron chi connectivity index (χ3n) is 9.61. The van der Waals surface area contributed by atoms with Crippen molar-refractivity contribution in [3.05, 3.63) is 89.6 Å². The highest BCUT2D eigenvalue weighted by atomic mass is 16.6. The average molecular weight is 648 g/mol. The molecule has 3 aromatic carbocycles. The molecule has 0 bridgehead atoms. The van der Waals surface area contributed by atoms with E-state index in [9.17, 15) is 10.1 Å². The number of fused-ring (bicyclic) bond motifs is 2. The van der Waals surface area contributed by atoms with E-state index in [1.54, 1.807) is 4.90 Å². The first-order valence-electron chi connectivity index (χ1n) is 16.7. The molecule has 4 heterocycles. The van der Waals surface area contributed by atoms with Gasteiger partial charge in [0.1, 0.15) is 19.0 Å². The van der Waals surface area contributed by atoms with Crippen molar-refractivity contribution in [2.24, 2.45) is 0 Å². The highest BCUT2D eigenvalue weighted by Gasteiger charge is 2.35. The quantitative estimate of drug-likeness (QED) is 0.269. The molecule has 0 saturated carbocycles. The van der Waals surface area contributed by atoms with Crippen LogP contribution < -0.4 is 14.5 Å². The van der Waals surface area contributed by atoms with Gasteiger partial charge in [-0.3, -0.25) is 4.90 Å². The minimum absolute atomic E-state index is 0.111. The lowest BCUT2D eigenvalue weighted by Gasteiger charge is -2.42. The van der Waals surface area contributed by atoms with Gasteiger partial charge in [-0.25, -0.2) is 4.79 Å². The molecule has 2 saturated heterocycles. The normalized spacial score (nSPS) is 19.9. The van der Waals surface area contributed by atoms with E-state index < -0.39 is 6.09 Å². The van der Waals surface area contributed by atoms with Crippen molar-refractivity contribution in [1.29, 1.82) is 5.26 Å². The van der Waals surface area contributed by atoms with E-state index in [0.717, 1.165) is 42.1 Å². The zero-order chi connectivity index (χ0) is 32.9. The lowest BCUT2D eigenvalue weighted by molar-refractivity contribution is -0.0120. The van der Waals surface area contributed by atoms with Crippen LogP contribution in [0.3, 0.4) is 0 Å². The first-order valence-corrected chi connectivity index (χ1v) is 16.7. The van der Waals surface area contributed by atoms with Crippen LogP contribution in [0.15, 0.2) is 72.8 Å². The topological polar surface area (TPSA) is 107 Å². The molecule has 1 amide bonds. The van der Waals surface area contributed by atoms with Crippen LogP contribution in [0.2, 0.25) is 0 Å². The van der Waals surface area contributed by atoms with Gasteiger partial charge < -0.3 is 28.9 Å². The third-order valence-corrected chi connectivity index (χ3v) is 9.61. The first-order chi connectivity index (χ1) is 23.6. The summed E-state index contributed by atoms with van der Waals surface area (Å²) in [6.07, 6.45) is 0.545. The van der Waals surface area contributed by atoms with Crippen LogP contribution in [-0.2, 0) is 29.0 Å². The smallest absolute Gasteiger partial charge is 0.410 e. The van der Waals surface area contributed by atoms with Crippen molar-refractivity contribution >= 4 is 28.4 Å². The monoisotopic (exact) mass is 647 g/mol. The Morgan fingerprint density at radius 1 is 0.958 bits per heavy atom. The number of rotatable bonds is 8. The van der Waals surface area contributed by atoms with Gasteiger partial charge in [-0.05, 0) is 30.5 Å². The molecule has 3 aliphatic heterocycles. The van der Waals surface area contributed by atoms with Gasteiger partial charge in [-0.1, -0.05) is 66.7 Å². The molecule has 0 N–H and O–H groups in total. The van der Waals surface area contributed by atoms with Gasteiger partial charge in [0.2, 0.25) is 0 Å². The van der Waals surface area contributed by atoms with Crippen molar-refractivity contribution in [3.63, 3.8) is 0 Å². The van der Waals surface area contributed by atoms with Crippen molar-refractivity contribution in [2.75, 3.05) is 69.4 Å². The SMILES string of the molecule is CN1CCOCC1COc1nc2c(c(N3CCN(C(=O)OCc4ccccc4)C(CC#N)C3)n1)CCN(c1cccc3ccccc13)C2. The van der Waals surface area contributed by atoms with Crippen molar-refractivity contribution in [1.82, 2.24) is 19.8 Å². The Morgan fingerprint density at radius 2 is 1.79 bits per heavy atom. The van der Waals surface area contributed by atoms with Gasteiger partial charge in [-0.2, -0.15) is 15.2 Å². The Morgan fingerprint density at radius 3 is 2.65 bits per heavy atom. The van der Waals surface area contributed by atoms with Crippen molar-refractivity contribution < 1.29 is 19.0 Å². The third kappa shape index (κ3) is 6.86. The summed E-state index contributed by atoms with van der Waals surface area (Å²) in [4.78, 5) is 31.7. The van der Waals surface area contributed by atoms with Crippen LogP contribution in [0.1, 0.15) is 23.2 Å². The van der Waals surface area contributed by atoms with Gasteiger partial charge in [0.05, 0.1) is 50.0 Å². The predicted octanol–water partition coefficient (Wildman–Crippen LogP) is 4.64. The summed E-state index contributed by atoms with van der Waals surface area (Å²) in [6, 6.07) is 26.9. The summed E-state index contributed by atoms with van der Waals surface area (Å²) in [5, 5.41) is 12.2. The molecule has 48 heavy (non-hydrogen) atoms. The number of nitriles is 1. The number of carbonyl (C=O) groups excluding carboxylic acids is 1. The number of amides is 1. The van der Waals surface area contributed by atoms with Gasteiger partial charge in [-0.15, -0.1) is 0 Å². The zero-order valence-electron chi connectivity index (χ0n) is 27.3. The van der Waals surface area contributed by atoms with Crippen LogP contribution in [0.5, 0.6) is 6.01 Å². The molecule has 3 aliphatic rings. The number of aromatic nitrogens is 2. The Labute approximate surface area is 281 Å². The molecular weight excluding hydrogens is 606 g/mol. The molecule has 0 spiro atoms. The number of hydrogen-bond donors (Lipinski definition) is 0. The fourth-order valence-corrected chi connectivity index (χ4v) is 6.86. The second kappa shape index (κ2) is 14.5. The van der Waals surface area contributed by atoms with Crippen LogP contribution >= 0.6 is 0 Å². The highest BCUT2D eigenvalue weighted by molar-refractivity contribution is 5.94. The molecule has 11 nitrogen and oxygen atoms in total. The van der Waals surface area contributed by atoms with Gasteiger partial charge in [0.25, 0.3) is 0 Å². The second-order valence-corrected chi connectivity index (χ2v) is 12.6. The number of carbonyl (C=O) groups is 1. The van der Waals surface area contributed by atoms with Gasteiger partial charge >= 0.3 is 12.1 Å². The van der Waals surface area contributed by atoms with E-state index in [1.807, 2.05) is 30.3 Å². The fourth-order valence-electron chi connectivity index (χ4n) is 6.86. The molecule has 2 atom stereocenters. The summed E-state index contributed by atoms with van der Waals surface area (Å²) < 4.78 is 17.7. The Kier molecular flexibility index (Phi) is 9.54. The van der Waals surface area contributed by atoms with Crippen LogP contribution in [0, 0.1) is 11.3 Å². The Hall–Kier alpha value is -4.92. The number of benzene rings is 3. The lowest BCUT2D eigenvalue weighted by atomic mass is 10.0. The maximum absolute atomic E-state index is 13.2. The number of piperazine rings is 1. The zero-order valence-corrected chi connectivity index (χ0v) is 27.3. The molecule has 2 fully saturated rings. The number of anilines is 2. The summed E-state index contributed by atoms with van der Waals surface area (Å²) in [7, 11) is 2.08. The molecule has 1 aromatic heterocycles. The van der Waals surface area contributed by atoms with E-state index in [0.29, 0.717) is 52.0 Å². The number of hydrogen-bond acceptors (Lipinski definition) is 10. The van der Waals surface area contributed by atoms with Crippen LogP contribution in [0.4, 0.5) is 16.3 Å². The number of nitrogens with zero attached hydrogens (tertiary/aromatic N) is 7. The van der Waals surface area contributed by atoms with Crippen molar-refractivity contribution in [2.45, 2.75) is 38.1 Å². The largest absolute Gasteiger partial charge is 0.462 e. The van der Waals surface area contributed by atoms with Gasteiger partial charge in [0.15, 0.2) is 0 Å². The van der Waals surface area contributed by atoms with Crippen LogP contribution in [0.25, 0.3) is 10.8 Å². The Bertz CT molecular complexity index is 1780. The molecule has 11 heteroatoms. The average Bonchev–Trinajstić information content (AvgIpc) is 3.13. The standard InChI is InChI=1S/C37H41N7O4/c1-41-20-21-46-25-30(41)26-47-36-39-33-23-42(34-13-7-11-28-10-5-6-12-31(28)34)17-15-32(33)35(40-36)43-18-19-44(29(22-43)14-16-38)37(45)48-24-27-8-3-2-4-9-27/h2-13,29-30H,14-15,17-26H2,1H3. The van der Waals surface area contributed by atoms with E-state index in [4.69, 9.17) is 24.2 Å². The highest BCUT2D eigenvalue weighted by Crippen LogP contribution is 2.35. The number of ether oxygens (including phenoxy) is 3. The van der Waals surface area contributed by atoms with E-state index in [2.05, 4.69) is 70.3 Å². The van der Waals surface area contributed by atoms with Crippen LogP contribution in [-0.4, -0.2) is 97.5 Å². The predicted molar refractivity (Wildman–Crippen MR) is 183 cm³/mol. The number of morpholine rings is 1. The van der Waals surface area contributed by atoms with Crippen molar-refractivity contribution in [3.8, 4) is 12.1 Å². The molecule has 2 unspecified atom stereocenters. The van der Waals surface area contributed by atoms with E-state index >= 15 is 0 Å². The lowest BCUT2D eigenvalue weighted by Crippen LogP contribution is -2.55. The minimum Gasteiger partial charge on any atom is -0.462 e. The Balaban J connectivity index is 1.15. The molecular formula is C37H41N7O4. The van der Waals surface area contributed by atoms with Gasteiger partial charge in [0, 0.05) is 49.4 Å². The molecule has 0 radical (unpaired) electrons. The van der Waals surface area contributed by atoms with E-state index in [-0.39, 0.29) is 25.1 Å². The molecule has 7 rings (SSSR count). The summed E-state index contributed by atoms with van der Waals surface area (Å²) in [5.41, 5.74) is 4.13. The summed E-state index contributed by atoms with van der Waals surface area (Å²) in [5.74, 6) is 0.820. The molecule has 248 valence electrons. The number of likely N-dealkylation sites (N-methyl/N-ethyl adjacent to an activating group) is 1. The molecule has 0 aliphatic carbocycles. The maximum atomic E-state index is 13.2. The maximum Gasteiger partial charge on any atom is 0.410 e. The first kappa shape index (κ1) is 31.7. The summed E-state index contributed by atoms with van der Waals surface area (Å²) >= 11 is 0.